The number of nitrogens with one attached hydrogen (secondary N) is 1. The fourth-order valence-corrected chi connectivity index (χ4v) is 11.6. The zero-order valence-corrected chi connectivity index (χ0v) is 56.8. The number of carbonyl (C=O) groups excluding carboxylic acids is 1. The molecule has 0 saturated heterocycles. The highest BCUT2D eigenvalue weighted by Crippen LogP contribution is 2.38. The fourth-order valence-electron chi connectivity index (χ4n) is 10.9. The van der Waals surface area contributed by atoms with Crippen molar-refractivity contribution >= 4 is 13.7 Å². The number of nitrogens with zero attached hydrogens (tertiary/aromatic N) is 1. The SMILES string of the molecule is CC/C=C\C/C=C\C/C=C\C/C=C\CCCCCCCCCCCCCCCCCCCCCCCCCCCCCCC(=O)NC(COP(=O)([O-])OCC[N+](C)(C)C)C(O)/C=C/CCCCCCCCCCCCCCCCCCCC. The number of phosphoric acid groups is 1. The van der Waals surface area contributed by atoms with E-state index in [-0.39, 0.29) is 19.1 Å². The van der Waals surface area contributed by atoms with Gasteiger partial charge in [0, 0.05) is 6.42 Å². The summed E-state index contributed by atoms with van der Waals surface area (Å²) in [5.41, 5.74) is 0. The van der Waals surface area contributed by atoms with Gasteiger partial charge in [0.25, 0.3) is 7.82 Å². The quantitative estimate of drug-likeness (QED) is 0.0272. The summed E-state index contributed by atoms with van der Waals surface area (Å²) in [6, 6.07) is -0.886. The predicted octanol–water partition coefficient (Wildman–Crippen LogP) is 22.5. The molecular formula is C74H141N2O6P. The molecule has 0 bridgehead atoms. The normalized spacial score (nSPS) is 14.0. The Labute approximate surface area is 517 Å². The van der Waals surface area contributed by atoms with Crippen molar-refractivity contribution in [1.29, 1.82) is 0 Å². The molecule has 0 spiro atoms. The van der Waals surface area contributed by atoms with Gasteiger partial charge in [-0.1, -0.05) is 351 Å². The van der Waals surface area contributed by atoms with Crippen molar-refractivity contribution in [2.24, 2.45) is 0 Å². The van der Waals surface area contributed by atoms with Crippen molar-refractivity contribution in [3.05, 3.63) is 60.8 Å². The average Bonchev–Trinajstić information content (AvgIpc) is 3.49. The molecule has 0 radical (unpaired) electrons. The number of hydrogen-bond donors (Lipinski definition) is 2. The van der Waals surface area contributed by atoms with E-state index in [1.807, 2.05) is 27.2 Å². The Morgan fingerprint density at radius 2 is 0.735 bits per heavy atom. The molecule has 0 rings (SSSR count). The molecule has 0 aromatic rings. The first-order valence-electron chi connectivity index (χ1n) is 36.2. The molecule has 0 aliphatic rings. The van der Waals surface area contributed by atoms with Gasteiger partial charge in [-0.05, 0) is 57.8 Å². The zero-order valence-electron chi connectivity index (χ0n) is 55.9. The zero-order chi connectivity index (χ0) is 60.5. The lowest BCUT2D eigenvalue weighted by Gasteiger charge is -2.29. The van der Waals surface area contributed by atoms with Crippen molar-refractivity contribution in [1.82, 2.24) is 5.32 Å². The molecule has 1 amide bonds. The first-order chi connectivity index (χ1) is 40.5. The number of quaternary nitrogens is 1. The second-order valence-corrected chi connectivity index (χ2v) is 27.3. The van der Waals surface area contributed by atoms with Crippen LogP contribution in [0.4, 0.5) is 0 Å². The second-order valence-electron chi connectivity index (χ2n) is 25.9. The number of carbonyl (C=O) groups is 1. The van der Waals surface area contributed by atoms with Gasteiger partial charge in [0.05, 0.1) is 39.9 Å². The van der Waals surface area contributed by atoms with Crippen molar-refractivity contribution < 1.29 is 32.9 Å². The van der Waals surface area contributed by atoms with Crippen molar-refractivity contribution in [3.8, 4) is 0 Å². The molecule has 0 heterocycles. The largest absolute Gasteiger partial charge is 0.756 e. The molecule has 488 valence electrons. The lowest BCUT2D eigenvalue weighted by Crippen LogP contribution is -2.45. The highest BCUT2D eigenvalue weighted by atomic mass is 31.2. The smallest absolute Gasteiger partial charge is 0.268 e. The van der Waals surface area contributed by atoms with Crippen LogP contribution in [0.5, 0.6) is 0 Å². The number of hydrogen-bond acceptors (Lipinski definition) is 6. The van der Waals surface area contributed by atoms with Crippen LogP contribution in [0.2, 0.25) is 0 Å². The van der Waals surface area contributed by atoms with Gasteiger partial charge in [-0.2, -0.15) is 0 Å². The van der Waals surface area contributed by atoms with E-state index in [9.17, 15) is 19.4 Å². The van der Waals surface area contributed by atoms with Crippen molar-refractivity contribution in [2.75, 3.05) is 40.9 Å². The molecule has 0 fully saturated rings. The van der Waals surface area contributed by atoms with E-state index in [1.54, 1.807) is 6.08 Å². The Morgan fingerprint density at radius 1 is 0.434 bits per heavy atom. The number of likely N-dealkylation sites (N-methyl/N-ethyl adjacent to an activating group) is 1. The average molecular weight is 1190 g/mol. The van der Waals surface area contributed by atoms with Gasteiger partial charge in [0.1, 0.15) is 13.2 Å². The predicted molar refractivity (Wildman–Crippen MR) is 362 cm³/mol. The van der Waals surface area contributed by atoms with E-state index in [0.717, 1.165) is 64.2 Å². The topological polar surface area (TPSA) is 108 Å². The number of unbranched alkanes of at least 4 members (excludes halogenated alkanes) is 46. The van der Waals surface area contributed by atoms with Gasteiger partial charge in [-0.15, -0.1) is 0 Å². The van der Waals surface area contributed by atoms with Crippen LogP contribution >= 0.6 is 7.82 Å². The Morgan fingerprint density at radius 3 is 1.07 bits per heavy atom. The minimum atomic E-state index is -4.60. The van der Waals surface area contributed by atoms with Crippen LogP contribution in [0, 0.1) is 0 Å². The molecule has 3 unspecified atom stereocenters. The summed E-state index contributed by atoms with van der Waals surface area (Å²) in [5, 5.41) is 14.0. The Hall–Kier alpha value is -1.80. The minimum Gasteiger partial charge on any atom is -0.756 e. The van der Waals surface area contributed by atoms with Crippen LogP contribution in [-0.2, 0) is 18.4 Å². The number of amides is 1. The molecule has 2 N–H and O–H groups in total. The summed E-state index contributed by atoms with van der Waals surface area (Å²) in [7, 11) is 1.28. The summed E-state index contributed by atoms with van der Waals surface area (Å²) in [4.78, 5) is 25.6. The molecule has 0 aromatic heterocycles. The molecule has 0 saturated carbocycles. The van der Waals surface area contributed by atoms with Gasteiger partial charge in [-0.25, -0.2) is 0 Å². The third-order valence-electron chi connectivity index (χ3n) is 16.5. The molecular weight excluding hydrogens is 1040 g/mol. The molecule has 8 nitrogen and oxygen atoms in total. The number of phosphoric ester groups is 1. The maximum absolute atomic E-state index is 13.0. The summed E-state index contributed by atoms with van der Waals surface area (Å²) in [6.07, 6.45) is 89.3. The second kappa shape index (κ2) is 64.7. The Kier molecular flexibility index (Phi) is 63.3. The first kappa shape index (κ1) is 81.2. The van der Waals surface area contributed by atoms with Crippen LogP contribution in [0.25, 0.3) is 0 Å². The van der Waals surface area contributed by atoms with Gasteiger partial charge >= 0.3 is 0 Å². The van der Waals surface area contributed by atoms with Crippen molar-refractivity contribution in [2.45, 2.75) is 366 Å². The number of aliphatic hydroxyl groups is 1. The van der Waals surface area contributed by atoms with E-state index in [0.29, 0.717) is 17.4 Å². The highest BCUT2D eigenvalue weighted by Gasteiger charge is 2.23. The van der Waals surface area contributed by atoms with E-state index < -0.39 is 20.0 Å². The Balaban J connectivity index is 3.90. The van der Waals surface area contributed by atoms with Crippen LogP contribution < -0.4 is 10.2 Å². The van der Waals surface area contributed by atoms with Crippen LogP contribution in [0.1, 0.15) is 354 Å². The van der Waals surface area contributed by atoms with Crippen LogP contribution in [0.3, 0.4) is 0 Å². The molecule has 83 heavy (non-hydrogen) atoms. The minimum absolute atomic E-state index is 0.000840. The Bertz CT molecular complexity index is 1540. The summed E-state index contributed by atoms with van der Waals surface area (Å²) >= 11 is 0. The summed E-state index contributed by atoms with van der Waals surface area (Å²) < 4.78 is 23.5. The molecule has 0 aliphatic carbocycles. The number of aliphatic hydroxyl groups excluding tert-OH is 1. The maximum Gasteiger partial charge on any atom is 0.268 e. The number of allylic oxidation sites excluding steroid dienone is 9. The third kappa shape index (κ3) is 67.6. The van der Waals surface area contributed by atoms with Crippen molar-refractivity contribution in [3.63, 3.8) is 0 Å². The van der Waals surface area contributed by atoms with Gasteiger partial charge in [0.2, 0.25) is 5.91 Å². The van der Waals surface area contributed by atoms with Crippen LogP contribution in [0.15, 0.2) is 60.8 Å². The van der Waals surface area contributed by atoms with E-state index in [1.165, 1.54) is 270 Å². The summed E-state index contributed by atoms with van der Waals surface area (Å²) in [5.74, 6) is -0.190. The fraction of sp³-hybridized carbons (Fsp3) is 0.851. The number of rotatable bonds is 67. The highest BCUT2D eigenvalue weighted by molar-refractivity contribution is 7.45. The molecule has 9 heteroatoms. The van der Waals surface area contributed by atoms with E-state index >= 15 is 0 Å². The molecule has 0 aliphatic heterocycles. The molecule has 0 aromatic carbocycles. The first-order valence-corrected chi connectivity index (χ1v) is 37.6. The lowest BCUT2D eigenvalue weighted by atomic mass is 10.0. The maximum atomic E-state index is 13.0. The third-order valence-corrected chi connectivity index (χ3v) is 17.4. The van der Waals surface area contributed by atoms with Gasteiger partial charge < -0.3 is 28.8 Å². The summed E-state index contributed by atoms with van der Waals surface area (Å²) in [6.45, 7) is 4.58. The van der Waals surface area contributed by atoms with E-state index in [4.69, 9.17) is 9.05 Å². The van der Waals surface area contributed by atoms with E-state index in [2.05, 4.69) is 67.8 Å². The standard InChI is InChI=1S/C74H141N2O6P/c1-6-8-10-12-14-16-18-20-22-24-26-28-29-30-31-32-33-34-35-36-37-38-39-40-41-42-43-44-45-46-47-48-50-52-54-56-58-60-62-64-66-68-74(78)75-72(71-82-83(79,80)81-70-69-76(3,4)5)73(77)67-65-63-61-59-57-55-53-51-49-27-25-23-21-19-17-15-13-11-9-7-2/h8,10,14,16,20,22,26,28,65,67,72-73,77H,6-7,9,11-13,15,17-19,21,23-25,27,29-64,66,68-71H2,1-5H3,(H-,75,78,79,80)/b10-8-,16-14-,22-20-,28-26-,67-65+. The van der Waals surface area contributed by atoms with Gasteiger partial charge in [0.15, 0.2) is 0 Å². The lowest BCUT2D eigenvalue weighted by molar-refractivity contribution is -0.870. The monoisotopic (exact) mass is 1190 g/mol. The van der Waals surface area contributed by atoms with Crippen LogP contribution in [-0.4, -0.2) is 68.5 Å². The molecule has 3 atom stereocenters. The van der Waals surface area contributed by atoms with Gasteiger partial charge in [-0.3, -0.25) is 9.36 Å².